The molecule has 1 aromatic carbocycles. The van der Waals surface area contributed by atoms with Crippen molar-refractivity contribution in [1.29, 1.82) is 0 Å². The van der Waals surface area contributed by atoms with Gasteiger partial charge in [-0.15, -0.1) is 0 Å². The quantitative estimate of drug-likeness (QED) is 0.593. The fraction of sp³-hybridized carbons (Fsp3) is 0.417. The number of benzene rings is 1. The Hall–Kier alpha value is -3.62. The summed E-state index contributed by atoms with van der Waals surface area (Å²) in [4.78, 5) is 37.0. The summed E-state index contributed by atoms with van der Waals surface area (Å²) in [6.07, 6.45) is 8.34. The molecular weight excluding hydrogens is 424 g/mol. The molecule has 2 aromatic heterocycles. The van der Waals surface area contributed by atoms with Gasteiger partial charge in [0.25, 0.3) is 11.5 Å². The van der Waals surface area contributed by atoms with Gasteiger partial charge in [-0.25, -0.2) is 0 Å². The van der Waals surface area contributed by atoms with Crippen LogP contribution in [-0.4, -0.2) is 38.4 Å². The van der Waals surface area contributed by atoms with E-state index in [9.17, 15) is 19.5 Å². The van der Waals surface area contributed by atoms with Crippen LogP contribution in [0.4, 0.5) is 5.69 Å². The van der Waals surface area contributed by atoms with E-state index < -0.39 is 11.9 Å². The van der Waals surface area contributed by atoms with Crippen molar-refractivity contribution in [3.05, 3.63) is 52.6 Å². The lowest BCUT2D eigenvalue weighted by molar-refractivity contribution is -0.143. The predicted octanol–water partition coefficient (Wildman–Crippen LogP) is 3.61. The number of anilines is 1. The second-order valence-corrected chi connectivity index (χ2v) is 8.88. The normalized spacial score (nSPS) is 20.5. The number of nitrogens with zero attached hydrogens (tertiary/aromatic N) is 3. The summed E-state index contributed by atoms with van der Waals surface area (Å²) in [5.41, 5.74) is 1.04. The highest BCUT2D eigenvalue weighted by Gasteiger charge is 2.28. The Morgan fingerprint density at radius 3 is 2.52 bits per heavy atom. The van der Waals surface area contributed by atoms with Crippen LogP contribution in [0.25, 0.3) is 10.9 Å². The molecule has 0 atom stereocenters. The molecule has 0 saturated heterocycles. The first-order valence-electron chi connectivity index (χ1n) is 11.3. The molecule has 33 heavy (non-hydrogen) atoms. The van der Waals surface area contributed by atoms with Gasteiger partial charge in [0.2, 0.25) is 0 Å². The number of carboxylic acid groups (broad SMARTS) is 1. The number of amides is 1. The van der Waals surface area contributed by atoms with Crippen molar-refractivity contribution in [2.45, 2.75) is 50.6 Å². The van der Waals surface area contributed by atoms with Crippen LogP contribution < -0.4 is 15.6 Å². The second-order valence-electron chi connectivity index (χ2n) is 8.88. The number of pyridine rings is 1. The molecule has 3 aromatic rings. The molecule has 0 unspecified atom stereocenters. The number of aromatic nitrogens is 3. The summed E-state index contributed by atoms with van der Waals surface area (Å²) in [5.74, 6) is -1.07. The highest BCUT2D eigenvalue weighted by molar-refractivity contribution is 6.08. The maximum atomic E-state index is 13.1. The molecule has 1 amide bonds. The van der Waals surface area contributed by atoms with Gasteiger partial charge in [0, 0.05) is 29.9 Å². The van der Waals surface area contributed by atoms with Crippen molar-refractivity contribution in [3.8, 4) is 5.75 Å². The molecular formula is C24H26N4O5. The zero-order chi connectivity index (χ0) is 23.1. The molecule has 0 spiro atoms. The van der Waals surface area contributed by atoms with Crippen molar-refractivity contribution >= 4 is 28.5 Å². The van der Waals surface area contributed by atoms with Gasteiger partial charge >= 0.3 is 5.97 Å². The topological polar surface area (TPSA) is 115 Å². The number of ether oxygens (including phenoxy) is 1. The largest absolute Gasteiger partial charge is 0.496 e. The Morgan fingerprint density at radius 2 is 1.85 bits per heavy atom. The number of nitrogens with one attached hydrogen (secondary N) is 1. The SMILES string of the molecule is COc1cc2nn(C3CCC(C(=O)O)CC3)cc2cc1C(=O)Nc1cccn(C2CC2)c1=O. The van der Waals surface area contributed by atoms with Crippen molar-refractivity contribution in [2.24, 2.45) is 5.92 Å². The highest BCUT2D eigenvalue weighted by Crippen LogP contribution is 2.35. The summed E-state index contributed by atoms with van der Waals surface area (Å²) in [5, 5.41) is 17.4. The molecule has 2 heterocycles. The van der Waals surface area contributed by atoms with Crippen LogP contribution in [-0.2, 0) is 4.79 Å². The van der Waals surface area contributed by atoms with Gasteiger partial charge in [-0.2, -0.15) is 5.10 Å². The molecule has 9 nitrogen and oxygen atoms in total. The molecule has 2 aliphatic carbocycles. The average molecular weight is 450 g/mol. The monoisotopic (exact) mass is 450 g/mol. The molecule has 0 radical (unpaired) electrons. The summed E-state index contributed by atoms with van der Waals surface area (Å²) >= 11 is 0. The van der Waals surface area contributed by atoms with E-state index in [-0.39, 0.29) is 29.2 Å². The Bertz CT molecular complexity index is 1280. The van der Waals surface area contributed by atoms with E-state index in [1.165, 1.54) is 7.11 Å². The minimum atomic E-state index is -0.734. The Kier molecular flexibility index (Phi) is 5.39. The molecule has 9 heteroatoms. The van der Waals surface area contributed by atoms with Gasteiger partial charge in [0.15, 0.2) is 0 Å². The molecule has 2 aliphatic rings. The third-order valence-corrected chi connectivity index (χ3v) is 6.67. The van der Waals surface area contributed by atoms with Crippen molar-refractivity contribution < 1.29 is 19.4 Å². The van der Waals surface area contributed by atoms with E-state index >= 15 is 0 Å². The third-order valence-electron chi connectivity index (χ3n) is 6.67. The lowest BCUT2D eigenvalue weighted by Crippen LogP contribution is -2.25. The lowest BCUT2D eigenvalue weighted by atomic mass is 9.86. The smallest absolute Gasteiger partial charge is 0.306 e. The molecule has 2 N–H and O–H groups in total. The first-order valence-corrected chi connectivity index (χ1v) is 11.3. The van der Waals surface area contributed by atoms with E-state index in [0.717, 1.165) is 31.1 Å². The van der Waals surface area contributed by atoms with Crippen LogP contribution >= 0.6 is 0 Å². The van der Waals surface area contributed by atoms with Crippen LogP contribution in [0, 0.1) is 5.92 Å². The number of hydrogen-bond donors (Lipinski definition) is 2. The zero-order valence-corrected chi connectivity index (χ0v) is 18.4. The summed E-state index contributed by atoms with van der Waals surface area (Å²) in [6.45, 7) is 0. The van der Waals surface area contributed by atoms with Gasteiger partial charge in [0.1, 0.15) is 11.4 Å². The number of methoxy groups -OCH3 is 1. The standard InChI is InChI=1S/C24H26N4O5/c1-33-21-12-20-15(13-28(26-20)17-6-4-14(5-7-17)24(31)32)11-18(21)22(29)25-19-3-2-10-27(23(19)30)16-8-9-16/h2-3,10-14,16-17H,4-9H2,1H3,(H,25,29)(H,31,32). The maximum absolute atomic E-state index is 13.1. The lowest BCUT2D eigenvalue weighted by Gasteiger charge is -2.26. The fourth-order valence-corrected chi connectivity index (χ4v) is 4.63. The van der Waals surface area contributed by atoms with Gasteiger partial charge < -0.3 is 19.7 Å². The number of hydrogen-bond acceptors (Lipinski definition) is 5. The van der Waals surface area contributed by atoms with E-state index in [1.807, 2.05) is 10.9 Å². The summed E-state index contributed by atoms with van der Waals surface area (Å²) in [6, 6.07) is 7.15. The Labute approximate surface area is 190 Å². The first kappa shape index (κ1) is 21.2. The average Bonchev–Trinajstić information content (AvgIpc) is 3.57. The number of rotatable bonds is 6. The molecule has 0 aliphatic heterocycles. The van der Waals surface area contributed by atoms with Gasteiger partial charge in [0.05, 0.1) is 30.1 Å². The van der Waals surface area contributed by atoms with Crippen LogP contribution in [0.5, 0.6) is 5.75 Å². The Balaban J connectivity index is 1.40. The van der Waals surface area contributed by atoms with Gasteiger partial charge in [-0.3, -0.25) is 19.1 Å². The van der Waals surface area contributed by atoms with Gasteiger partial charge in [-0.05, 0) is 56.7 Å². The first-order chi connectivity index (χ1) is 15.9. The van der Waals surface area contributed by atoms with Crippen LogP contribution in [0.3, 0.4) is 0 Å². The van der Waals surface area contributed by atoms with E-state index in [2.05, 4.69) is 10.4 Å². The van der Waals surface area contributed by atoms with E-state index in [0.29, 0.717) is 29.7 Å². The van der Waals surface area contributed by atoms with Crippen molar-refractivity contribution in [3.63, 3.8) is 0 Å². The third kappa shape index (κ3) is 4.10. The van der Waals surface area contributed by atoms with E-state index in [1.54, 1.807) is 35.0 Å². The number of carboxylic acids is 1. The minimum absolute atomic E-state index is 0.126. The zero-order valence-electron chi connectivity index (χ0n) is 18.4. The summed E-state index contributed by atoms with van der Waals surface area (Å²) < 4.78 is 8.99. The van der Waals surface area contributed by atoms with Crippen LogP contribution in [0.2, 0.25) is 0 Å². The number of carbonyl (C=O) groups is 2. The van der Waals surface area contributed by atoms with Crippen molar-refractivity contribution in [2.75, 3.05) is 12.4 Å². The van der Waals surface area contributed by atoms with Crippen molar-refractivity contribution in [1.82, 2.24) is 14.3 Å². The molecule has 5 rings (SSSR count). The number of fused-ring (bicyclic) bond motifs is 1. The van der Waals surface area contributed by atoms with Crippen LogP contribution in [0.1, 0.15) is 61.0 Å². The highest BCUT2D eigenvalue weighted by atomic mass is 16.5. The summed E-state index contributed by atoms with van der Waals surface area (Å²) in [7, 11) is 1.49. The minimum Gasteiger partial charge on any atom is -0.496 e. The van der Waals surface area contributed by atoms with Gasteiger partial charge in [-0.1, -0.05) is 0 Å². The number of aliphatic carboxylic acids is 1. The van der Waals surface area contributed by atoms with E-state index in [4.69, 9.17) is 4.74 Å². The molecule has 0 bridgehead atoms. The number of carbonyl (C=O) groups excluding carboxylic acids is 1. The Morgan fingerprint density at radius 1 is 1.12 bits per heavy atom. The predicted molar refractivity (Wildman–Crippen MR) is 122 cm³/mol. The maximum Gasteiger partial charge on any atom is 0.306 e. The molecule has 2 fully saturated rings. The fourth-order valence-electron chi connectivity index (χ4n) is 4.63. The molecule has 2 saturated carbocycles. The molecule has 172 valence electrons. The second kappa shape index (κ2) is 8.38. The van der Waals surface area contributed by atoms with Crippen LogP contribution in [0.15, 0.2) is 41.5 Å².